The highest BCUT2D eigenvalue weighted by Crippen LogP contribution is 2.49. The molecule has 0 radical (unpaired) electrons. The summed E-state index contributed by atoms with van der Waals surface area (Å²) in [5.74, 6) is 2.90. The van der Waals surface area contributed by atoms with E-state index in [0.29, 0.717) is 5.92 Å². The molecule has 2 aromatic rings. The third-order valence-electron chi connectivity index (χ3n) is 5.93. The van der Waals surface area contributed by atoms with E-state index in [1.807, 2.05) is 26.8 Å². The van der Waals surface area contributed by atoms with E-state index in [2.05, 4.69) is 41.8 Å². The van der Waals surface area contributed by atoms with Crippen LogP contribution in [0.4, 0.5) is 22.4 Å². The largest absolute Gasteiger partial charge is 0.444 e. The molecule has 3 aliphatic rings. The summed E-state index contributed by atoms with van der Waals surface area (Å²) in [6, 6.07) is 4.11. The van der Waals surface area contributed by atoms with Crippen molar-refractivity contribution < 1.29 is 9.53 Å². The molecule has 1 amide bonds. The van der Waals surface area contributed by atoms with E-state index in [1.165, 1.54) is 18.5 Å². The number of aromatic nitrogens is 4. The van der Waals surface area contributed by atoms with Crippen LogP contribution >= 0.6 is 0 Å². The van der Waals surface area contributed by atoms with Gasteiger partial charge in [0.25, 0.3) is 0 Å². The van der Waals surface area contributed by atoms with E-state index < -0.39 is 5.60 Å². The van der Waals surface area contributed by atoms with Gasteiger partial charge < -0.3 is 20.3 Å². The van der Waals surface area contributed by atoms with Gasteiger partial charge in [-0.05, 0) is 52.5 Å². The fourth-order valence-electron chi connectivity index (χ4n) is 4.43. The minimum absolute atomic E-state index is 0.191. The highest BCUT2D eigenvalue weighted by atomic mass is 16.6. The molecule has 30 heavy (non-hydrogen) atoms. The van der Waals surface area contributed by atoms with Crippen LogP contribution in [-0.4, -0.2) is 51.0 Å². The van der Waals surface area contributed by atoms with Gasteiger partial charge in [-0.2, -0.15) is 10.1 Å². The Morgan fingerprint density at radius 2 is 2.03 bits per heavy atom. The van der Waals surface area contributed by atoms with Gasteiger partial charge in [-0.3, -0.25) is 5.10 Å². The Morgan fingerprint density at radius 1 is 1.27 bits per heavy atom. The van der Waals surface area contributed by atoms with Crippen molar-refractivity contribution in [2.24, 2.45) is 5.41 Å². The Balaban J connectivity index is 1.12. The highest BCUT2D eigenvalue weighted by molar-refractivity contribution is 5.68. The summed E-state index contributed by atoms with van der Waals surface area (Å²) in [6.45, 7) is 7.45. The van der Waals surface area contributed by atoms with E-state index in [-0.39, 0.29) is 17.6 Å². The molecule has 9 nitrogen and oxygen atoms in total. The molecule has 2 saturated carbocycles. The van der Waals surface area contributed by atoms with Crippen LogP contribution in [0.25, 0.3) is 0 Å². The van der Waals surface area contributed by atoms with Crippen LogP contribution in [0.15, 0.2) is 18.3 Å². The van der Waals surface area contributed by atoms with E-state index >= 15 is 0 Å². The number of amides is 1. The first-order chi connectivity index (χ1) is 14.3. The third-order valence-corrected chi connectivity index (χ3v) is 5.93. The molecular weight excluding hydrogens is 382 g/mol. The van der Waals surface area contributed by atoms with Crippen molar-refractivity contribution >= 4 is 23.7 Å². The standard InChI is InChI=1S/C21H29N7O2/c1-20(2,3)30-19(29)23-14-9-21(10-14)11-28(12-21)18-22-7-6-16(25-18)24-17-8-15(26-27-17)13-4-5-13/h6-8,13-14H,4-5,9-12H2,1-3H3,(H,23,29)(H2,22,24,25,26,27). The van der Waals surface area contributed by atoms with Crippen molar-refractivity contribution in [3.05, 3.63) is 24.0 Å². The van der Waals surface area contributed by atoms with Crippen LogP contribution in [-0.2, 0) is 4.74 Å². The summed E-state index contributed by atoms with van der Waals surface area (Å²) in [5, 5.41) is 13.7. The van der Waals surface area contributed by atoms with Crippen molar-refractivity contribution in [1.82, 2.24) is 25.5 Å². The normalized spacial score (nSPS) is 20.4. The molecule has 1 saturated heterocycles. The number of anilines is 3. The van der Waals surface area contributed by atoms with E-state index in [9.17, 15) is 4.79 Å². The minimum Gasteiger partial charge on any atom is -0.444 e. The summed E-state index contributed by atoms with van der Waals surface area (Å²) in [4.78, 5) is 23.2. The van der Waals surface area contributed by atoms with Crippen molar-refractivity contribution in [1.29, 1.82) is 0 Å². The molecule has 0 aromatic carbocycles. The molecular formula is C21H29N7O2. The van der Waals surface area contributed by atoms with Crippen molar-refractivity contribution in [3.63, 3.8) is 0 Å². The van der Waals surface area contributed by atoms with Gasteiger partial charge in [0.1, 0.15) is 11.4 Å². The number of carbonyl (C=O) groups is 1. The minimum atomic E-state index is -0.468. The number of rotatable bonds is 5. The zero-order valence-electron chi connectivity index (χ0n) is 17.7. The zero-order chi connectivity index (χ0) is 20.9. The van der Waals surface area contributed by atoms with Gasteiger partial charge in [0.2, 0.25) is 5.95 Å². The molecule has 1 aliphatic heterocycles. The molecule has 1 spiro atoms. The number of hydrogen-bond acceptors (Lipinski definition) is 7. The lowest BCUT2D eigenvalue weighted by Gasteiger charge is -2.58. The van der Waals surface area contributed by atoms with Crippen molar-refractivity contribution in [2.45, 2.75) is 64.0 Å². The quantitative estimate of drug-likeness (QED) is 0.693. The van der Waals surface area contributed by atoms with Crippen LogP contribution < -0.4 is 15.5 Å². The number of nitrogens with zero attached hydrogens (tertiary/aromatic N) is 4. The summed E-state index contributed by atoms with van der Waals surface area (Å²) in [6.07, 6.45) is 5.87. The fraction of sp³-hybridized carbons (Fsp3) is 0.619. The van der Waals surface area contributed by atoms with Gasteiger partial charge in [-0.1, -0.05) is 0 Å². The van der Waals surface area contributed by atoms with E-state index in [0.717, 1.165) is 43.5 Å². The molecule has 5 rings (SSSR count). The smallest absolute Gasteiger partial charge is 0.407 e. The first kappa shape index (κ1) is 19.1. The van der Waals surface area contributed by atoms with Crippen LogP contribution in [0, 0.1) is 5.41 Å². The Bertz CT molecular complexity index is 933. The summed E-state index contributed by atoms with van der Waals surface area (Å²) in [7, 11) is 0. The number of ether oxygens (including phenoxy) is 1. The fourth-order valence-corrected chi connectivity index (χ4v) is 4.43. The number of hydrogen-bond donors (Lipinski definition) is 3. The van der Waals surface area contributed by atoms with Gasteiger partial charge in [0.15, 0.2) is 5.82 Å². The van der Waals surface area contributed by atoms with Gasteiger partial charge in [-0.15, -0.1) is 0 Å². The van der Waals surface area contributed by atoms with Gasteiger partial charge in [-0.25, -0.2) is 9.78 Å². The monoisotopic (exact) mass is 411 g/mol. The molecule has 3 heterocycles. The van der Waals surface area contributed by atoms with E-state index in [1.54, 1.807) is 6.20 Å². The maximum absolute atomic E-state index is 11.9. The molecule has 9 heteroatoms. The first-order valence-electron chi connectivity index (χ1n) is 10.7. The molecule has 2 aliphatic carbocycles. The van der Waals surface area contributed by atoms with Crippen molar-refractivity contribution in [3.8, 4) is 0 Å². The maximum Gasteiger partial charge on any atom is 0.407 e. The first-order valence-corrected chi connectivity index (χ1v) is 10.7. The molecule has 0 bridgehead atoms. The number of carbonyl (C=O) groups excluding carboxylic acids is 1. The van der Waals surface area contributed by atoms with E-state index in [4.69, 9.17) is 4.74 Å². The SMILES string of the molecule is CC(C)(C)OC(=O)NC1CC2(C1)CN(c1nccc(Nc3cc(C4CC4)[nH]n3)n1)C2. The number of H-pyrrole nitrogens is 1. The molecule has 3 N–H and O–H groups in total. The van der Waals surface area contributed by atoms with Crippen LogP contribution in [0.5, 0.6) is 0 Å². The lowest BCUT2D eigenvalue weighted by atomic mass is 9.61. The predicted molar refractivity (Wildman–Crippen MR) is 113 cm³/mol. The maximum atomic E-state index is 11.9. The summed E-state index contributed by atoms with van der Waals surface area (Å²) >= 11 is 0. The van der Waals surface area contributed by atoms with Crippen LogP contribution in [0.2, 0.25) is 0 Å². The average Bonchev–Trinajstić information content (AvgIpc) is 3.34. The zero-order valence-corrected chi connectivity index (χ0v) is 17.7. The Labute approximate surface area is 176 Å². The Kier molecular flexibility index (Phi) is 4.37. The second-order valence-electron chi connectivity index (χ2n) is 9.96. The Hall–Kier alpha value is -2.84. The second kappa shape index (κ2) is 6.85. The average molecular weight is 412 g/mol. The Morgan fingerprint density at radius 3 is 2.73 bits per heavy atom. The summed E-state index contributed by atoms with van der Waals surface area (Å²) in [5.41, 5.74) is 0.981. The topological polar surface area (TPSA) is 108 Å². The van der Waals surface area contributed by atoms with Crippen LogP contribution in [0.3, 0.4) is 0 Å². The molecule has 0 atom stereocenters. The highest BCUT2D eigenvalue weighted by Gasteiger charge is 2.53. The lowest BCUT2D eigenvalue weighted by molar-refractivity contribution is 0.0210. The van der Waals surface area contributed by atoms with Crippen LogP contribution in [0.1, 0.15) is 58.1 Å². The third kappa shape index (κ3) is 4.06. The molecule has 160 valence electrons. The molecule has 3 fully saturated rings. The molecule has 2 aromatic heterocycles. The second-order valence-corrected chi connectivity index (χ2v) is 9.96. The van der Waals surface area contributed by atoms with Gasteiger partial charge in [0.05, 0.1) is 0 Å². The predicted octanol–water partition coefficient (Wildman–Crippen LogP) is 3.31. The number of nitrogens with one attached hydrogen (secondary N) is 3. The number of aromatic amines is 1. The summed E-state index contributed by atoms with van der Waals surface area (Å²) < 4.78 is 5.34. The number of alkyl carbamates (subject to hydrolysis) is 1. The van der Waals surface area contributed by atoms with Gasteiger partial charge in [0, 0.05) is 48.4 Å². The lowest BCUT2D eigenvalue weighted by Crippen LogP contribution is -2.67. The van der Waals surface area contributed by atoms with Gasteiger partial charge >= 0.3 is 6.09 Å². The van der Waals surface area contributed by atoms with Crippen molar-refractivity contribution in [2.75, 3.05) is 23.3 Å². The molecule has 0 unspecified atom stereocenters.